The number of hydrogen-bond acceptors (Lipinski definition) is 4. The SMILES string of the molecule is CN1CCc2[nH]c3cc(-n4ccc(OCc5ccc(Cl)cn5)cc4=O)ccc3c2C1. The average molecular weight is 421 g/mol. The first-order valence-corrected chi connectivity index (χ1v) is 10.2. The molecule has 30 heavy (non-hydrogen) atoms. The third kappa shape index (κ3) is 3.60. The van der Waals surface area contributed by atoms with Crippen molar-refractivity contribution < 1.29 is 4.74 Å². The Bertz CT molecular complexity index is 1280. The van der Waals surface area contributed by atoms with Gasteiger partial charge in [-0.15, -0.1) is 0 Å². The lowest BCUT2D eigenvalue weighted by molar-refractivity contribution is 0.300. The van der Waals surface area contributed by atoms with Gasteiger partial charge in [0.25, 0.3) is 5.56 Å². The summed E-state index contributed by atoms with van der Waals surface area (Å²) in [6.07, 6.45) is 4.33. The summed E-state index contributed by atoms with van der Waals surface area (Å²) in [6.45, 7) is 2.28. The molecule has 0 saturated heterocycles. The van der Waals surface area contributed by atoms with E-state index in [9.17, 15) is 4.79 Å². The summed E-state index contributed by atoms with van der Waals surface area (Å²) in [7, 11) is 2.14. The van der Waals surface area contributed by atoms with E-state index in [1.807, 2.05) is 12.1 Å². The number of aromatic amines is 1. The molecule has 0 unspecified atom stereocenters. The molecule has 0 bridgehead atoms. The molecule has 6 nitrogen and oxygen atoms in total. The highest BCUT2D eigenvalue weighted by Crippen LogP contribution is 2.28. The molecule has 152 valence electrons. The lowest BCUT2D eigenvalue weighted by Crippen LogP contribution is -2.25. The number of H-pyrrole nitrogens is 1. The molecule has 3 aromatic heterocycles. The van der Waals surface area contributed by atoms with Crippen LogP contribution in [0.2, 0.25) is 5.02 Å². The zero-order valence-corrected chi connectivity index (χ0v) is 17.3. The monoisotopic (exact) mass is 420 g/mol. The van der Waals surface area contributed by atoms with Crippen molar-refractivity contribution >= 4 is 22.5 Å². The number of ether oxygens (including phenoxy) is 1. The topological polar surface area (TPSA) is 63.1 Å². The minimum Gasteiger partial charge on any atom is -0.487 e. The molecular weight excluding hydrogens is 400 g/mol. The number of rotatable bonds is 4. The van der Waals surface area contributed by atoms with Gasteiger partial charge in [0.2, 0.25) is 0 Å². The molecule has 1 N–H and O–H groups in total. The molecule has 0 radical (unpaired) electrons. The van der Waals surface area contributed by atoms with Gasteiger partial charge in [0.1, 0.15) is 12.4 Å². The molecular formula is C23H21ClN4O2. The Hall–Kier alpha value is -3.09. The first kappa shape index (κ1) is 18.9. The number of pyridine rings is 2. The van der Waals surface area contributed by atoms with Gasteiger partial charge in [-0.2, -0.15) is 0 Å². The Kier molecular flexibility index (Phi) is 4.81. The quantitative estimate of drug-likeness (QED) is 0.543. The predicted molar refractivity (Wildman–Crippen MR) is 118 cm³/mol. The van der Waals surface area contributed by atoms with E-state index in [1.54, 1.807) is 35.2 Å². The Labute approximate surface area is 178 Å². The van der Waals surface area contributed by atoms with Gasteiger partial charge in [-0.05, 0) is 42.9 Å². The van der Waals surface area contributed by atoms with E-state index in [-0.39, 0.29) is 12.2 Å². The van der Waals surface area contributed by atoms with Crippen molar-refractivity contribution in [2.75, 3.05) is 13.6 Å². The summed E-state index contributed by atoms with van der Waals surface area (Å²) < 4.78 is 7.33. The van der Waals surface area contributed by atoms with Crippen LogP contribution in [0.25, 0.3) is 16.6 Å². The Morgan fingerprint density at radius 2 is 2.10 bits per heavy atom. The van der Waals surface area contributed by atoms with Crippen molar-refractivity contribution in [2.24, 2.45) is 0 Å². The maximum absolute atomic E-state index is 12.7. The number of hydrogen-bond donors (Lipinski definition) is 1. The molecule has 0 amide bonds. The van der Waals surface area contributed by atoms with Crippen LogP contribution in [-0.2, 0) is 19.6 Å². The zero-order valence-electron chi connectivity index (χ0n) is 16.6. The van der Waals surface area contributed by atoms with Crippen molar-refractivity contribution in [3.63, 3.8) is 0 Å². The van der Waals surface area contributed by atoms with Crippen LogP contribution < -0.4 is 10.3 Å². The fourth-order valence-electron chi connectivity index (χ4n) is 3.91. The summed E-state index contributed by atoms with van der Waals surface area (Å²) in [6, 6.07) is 13.0. The highest BCUT2D eigenvalue weighted by molar-refractivity contribution is 6.30. The van der Waals surface area contributed by atoms with Gasteiger partial charge in [0, 0.05) is 54.6 Å². The number of aromatic nitrogens is 3. The molecule has 7 heteroatoms. The maximum atomic E-state index is 12.7. The van der Waals surface area contributed by atoms with E-state index in [4.69, 9.17) is 16.3 Å². The number of benzene rings is 1. The van der Waals surface area contributed by atoms with Crippen LogP contribution in [0.15, 0.2) is 59.7 Å². The number of fused-ring (bicyclic) bond motifs is 3. The third-order valence-corrected chi connectivity index (χ3v) is 5.72. The second-order valence-electron chi connectivity index (χ2n) is 7.63. The lowest BCUT2D eigenvalue weighted by Gasteiger charge is -2.22. The first-order chi connectivity index (χ1) is 14.6. The number of likely N-dealkylation sites (N-methyl/N-ethyl adjacent to an activating group) is 1. The van der Waals surface area contributed by atoms with Crippen molar-refractivity contribution in [2.45, 2.75) is 19.6 Å². The van der Waals surface area contributed by atoms with Gasteiger partial charge < -0.3 is 14.6 Å². The van der Waals surface area contributed by atoms with Crippen molar-refractivity contribution in [1.82, 2.24) is 19.4 Å². The molecule has 1 aliphatic heterocycles. The van der Waals surface area contributed by atoms with Crippen LogP contribution in [0.5, 0.6) is 5.75 Å². The first-order valence-electron chi connectivity index (χ1n) is 9.85. The smallest absolute Gasteiger partial charge is 0.258 e. The highest BCUT2D eigenvalue weighted by Gasteiger charge is 2.18. The van der Waals surface area contributed by atoms with Crippen molar-refractivity contribution in [3.05, 3.63) is 87.2 Å². The summed E-state index contributed by atoms with van der Waals surface area (Å²) in [5.74, 6) is 0.507. The third-order valence-electron chi connectivity index (χ3n) is 5.49. The van der Waals surface area contributed by atoms with E-state index in [0.717, 1.165) is 36.4 Å². The van der Waals surface area contributed by atoms with Crippen LogP contribution in [-0.4, -0.2) is 33.0 Å². The summed E-state index contributed by atoms with van der Waals surface area (Å²) in [5, 5.41) is 1.80. The summed E-state index contributed by atoms with van der Waals surface area (Å²) >= 11 is 5.85. The molecule has 1 aromatic carbocycles. The lowest BCUT2D eigenvalue weighted by atomic mass is 10.0. The highest BCUT2D eigenvalue weighted by atomic mass is 35.5. The van der Waals surface area contributed by atoms with E-state index < -0.39 is 0 Å². The van der Waals surface area contributed by atoms with Crippen LogP contribution in [0, 0.1) is 0 Å². The molecule has 4 aromatic rings. The average Bonchev–Trinajstić information content (AvgIpc) is 3.10. The minimum atomic E-state index is -0.146. The van der Waals surface area contributed by atoms with Crippen molar-refractivity contribution in [3.8, 4) is 11.4 Å². The molecule has 0 aliphatic carbocycles. The van der Waals surface area contributed by atoms with E-state index >= 15 is 0 Å². The van der Waals surface area contributed by atoms with Crippen LogP contribution in [0.3, 0.4) is 0 Å². The Morgan fingerprint density at radius 1 is 1.20 bits per heavy atom. The van der Waals surface area contributed by atoms with Gasteiger partial charge >= 0.3 is 0 Å². The fourth-order valence-corrected chi connectivity index (χ4v) is 4.02. The standard InChI is InChI=1S/C23H21ClN4O2/c1-27-8-7-21-20(13-27)19-5-4-17(10-22(19)26-21)28-9-6-18(11-23(28)29)30-14-16-3-2-15(24)12-25-16/h2-6,9-12,26H,7-8,13-14H2,1H3. The Morgan fingerprint density at radius 3 is 2.90 bits per heavy atom. The molecule has 0 fully saturated rings. The Balaban J connectivity index is 1.39. The predicted octanol–water partition coefficient (Wildman–Crippen LogP) is 3.93. The van der Waals surface area contributed by atoms with Gasteiger partial charge in [0.15, 0.2) is 0 Å². The molecule has 0 spiro atoms. The molecule has 0 atom stereocenters. The van der Waals surface area contributed by atoms with E-state index in [0.29, 0.717) is 10.8 Å². The van der Waals surface area contributed by atoms with Crippen LogP contribution in [0.4, 0.5) is 0 Å². The molecule has 4 heterocycles. The second-order valence-corrected chi connectivity index (χ2v) is 8.06. The molecule has 5 rings (SSSR count). The largest absolute Gasteiger partial charge is 0.487 e. The van der Waals surface area contributed by atoms with Gasteiger partial charge in [0.05, 0.1) is 16.4 Å². The summed E-state index contributed by atoms with van der Waals surface area (Å²) in [4.78, 5) is 22.8. The fraction of sp³-hybridized carbons (Fsp3) is 0.217. The normalized spacial score (nSPS) is 14.1. The number of nitrogens with one attached hydrogen (secondary N) is 1. The minimum absolute atomic E-state index is 0.146. The molecule has 1 aliphatic rings. The van der Waals surface area contributed by atoms with Crippen LogP contribution >= 0.6 is 11.6 Å². The zero-order chi connectivity index (χ0) is 20.7. The maximum Gasteiger partial charge on any atom is 0.258 e. The number of halogens is 1. The van der Waals surface area contributed by atoms with E-state index in [1.165, 1.54) is 22.7 Å². The van der Waals surface area contributed by atoms with E-state index in [2.05, 4.69) is 28.0 Å². The van der Waals surface area contributed by atoms with Crippen LogP contribution in [0.1, 0.15) is 17.0 Å². The second kappa shape index (κ2) is 7.63. The number of nitrogens with zero attached hydrogens (tertiary/aromatic N) is 3. The van der Waals surface area contributed by atoms with Gasteiger partial charge in [-0.25, -0.2) is 0 Å². The van der Waals surface area contributed by atoms with Crippen molar-refractivity contribution in [1.29, 1.82) is 0 Å². The summed E-state index contributed by atoms with van der Waals surface area (Å²) in [5.41, 5.74) is 5.14. The molecule has 0 saturated carbocycles. The van der Waals surface area contributed by atoms with Gasteiger partial charge in [-0.3, -0.25) is 14.3 Å². The van der Waals surface area contributed by atoms with Gasteiger partial charge in [-0.1, -0.05) is 17.7 Å².